The summed E-state index contributed by atoms with van der Waals surface area (Å²) in [7, 11) is 0. The Kier molecular flexibility index (Phi) is 3.08. The molecule has 0 fully saturated rings. The summed E-state index contributed by atoms with van der Waals surface area (Å²) in [5.41, 5.74) is 8.32. The van der Waals surface area contributed by atoms with Gasteiger partial charge in [-0.3, -0.25) is 0 Å². The summed E-state index contributed by atoms with van der Waals surface area (Å²) < 4.78 is 0. The van der Waals surface area contributed by atoms with Gasteiger partial charge in [0.1, 0.15) is 5.01 Å². The molecular formula is C13H15N5S. The number of imidazole rings is 1. The minimum Gasteiger partial charge on any atom is -0.399 e. The van der Waals surface area contributed by atoms with Crippen molar-refractivity contribution in [3.05, 3.63) is 34.3 Å². The highest BCUT2D eigenvalue weighted by Crippen LogP contribution is 2.18. The van der Waals surface area contributed by atoms with Gasteiger partial charge < -0.3 is 16.0 Å². The van der Waals surface area contributed by atoms with E-state index in [0.29, 0.717) is 6.54 Å². The molecule has 0 radical (unpaired) electrons. The molecule has 0 saturated heterocycles. The second kappa shape index (κ2) is 4.89. The number of aromatic amines is 1. The molecular weight excluding hydrogens is 258 g/mol. The Bertz CT molecular complexity index is 700. The van der Waals surface area contributed by atoms with Gasteiger partial charge in [0.2, 0.25) is 5.95 Å². The minimum absolute atomic E-state index is 0.681. The molecule has 2 aromatic heterocycles. The zero-order valence-corrected chi connectivity index (χ0v) is 11.4. The second-order valence-corrected chi connectivity index (χ2v) is 5.49. The van der Waals surface area contributed by atoms with Crippen LogP contribution in [-0.4, -0.2) is 15.0 Å². The monoisotopic (exact) mass is 273 g/mol. The van der Waals surface area contributed by atoms with Crippen molar-refractivity contribution in [2.45, 2.75) is 19.9 Å². The number of hydrogen-bond acceptors (Lipinski definition) is 5. The maximum absolute atomic E-state index is 5.74. The van der Waals surface area contributed by atoms with Gasteiger partial charge in [-0.15, -0.1) is 11.3 Å². The van der Waals surface area contributed by atoms with Crippen LogP contribution in [0.1, 0.15) is 16.8 Å². The van der Waals surface area contributed by atoms with Crippen LogP contribution in [0.25, 0.3) is 11.0 Å². The van der Waals surface area contributed by atoms with Crippen LogP contribution in [0.4, 0.5) is 11.6 Å². The van der Waals surface area contributed by atoms with E-state index in [0.717, 1.165) is 34.1 Å². The first-order valence-corrected chi connectivity index (χ1v) is 6.99. The second-order valence-electron chi connectivity index (χ2n) is 4.29. The lowest BCUT2D eigenvalue weighted by molar-refractivity contribution is 1.06. The van der Waals surface area contributed by atoms with Crippen molar-refractivity contribution in [3.8, 4) is 0 Å². The van der Waals surface area contributed by atoms with E-state index in [1.54, 1.807) is 11.3 Å². The highest BCUT2D eigenvalue weighted by molar-refractivity contribution is 7.11. The predicted octanol–water partition coefficient (Wildman–Crippen LogP) is 2.78. The summed E-state index contributed by atoms with van der Waals surface area (Å²) in [5.74, 6) is 0.744. The molecule has 98 valence electrons. The minimum atomic E-state index is 0.681. The van der Waals surface area contributed by atoms with Gasteiger partial charge >= 0.3 is 0 Å². The lowest BCUT2D eigenvalue weighted by Crippen LogP contribution is -1.99. The van der Waals surface area contributed by atoms with Gasteiger partial charge in [0.25, 0.3) is 0 Å². The lowest BCUT2D eigenvalue weighted by atomic mass is 10.3. The molecule has 1 aromatic carbocycles. The summed E-state index contributed by atoms with van der Waals surface area (Å²) in [6.45, 7) is 2.81. The van der Waals surface area contributed by atoms with Crippen LogP contribution in [0, 0.1) is 0 Å². The number of nitrogens with zero attached hydrogens (tertiary/aromatic N) is 2. The number of aryl methyl sites for hydroxylation is 1. The van der Waals surface area contributed by atoms with Gasteiger partial charge in [-0.25, -0.2) is 9.97 Å². The zero-order valence-electron chi connectivity index (χ0n) is 10.6. The van der Waals surface area contributed by atoms with Crippen LogP contribution >= 0.6 is 11.3 Å². The Labute approximate surface area is 114 Å². The molecule has 0 aliphatic heterocycles. The number of nitrogens with one attached hydrogen (secondary N) is 2. The fourth-order valence-electron chi connectivity index (χ4n) is 1.86. The van der Waals surface area contributed by atoms with E-state index in [4.69, 9.17) is 5.73 Å². The van der Waals surface area contributed by atoms with Crippen molar-refractivity contribution < 1.29 is 0 Å². The summed E-state index contributed by atoms with van der Waals surface area (Å²) in [6.07, 6.45) is 2.96. The van der Waals surface area contributed by atoms with E-state index in [1.807, 2.05) is 24.4 Å². The molecule has 4 N–H and O–H groups in total. The molecule has 0 unspecified atom stereocenters. The number of fused-ring (bicyclic) bond motifs is 1. The summed E-state index contributed by atoms with van der Waals surface area (Å²) in [4.78, 5) is 13.3. The molecule has 0 aliphatic rings. The van der Waals surface area contributed by atoms with Crippen molar-refractivity contribution in [1.29, 1.82) is 0 Å². The Hall–Kier alpha value is -2.08. The van der Waals surface area contributed by atoms with Gasteiger partial charge in [0.15, 0.2) is 0 Å². The van der Waals surface area contributed by atoms with Crippen molar-refractivity contribution in [3.63, 3.8) is 0 Å². The smallest absolute Gasteiger partial charge is 0.201 e. The average Bonchev–Trinajstić information content (AvgIpc) is 3.01. The van der Waals surface area contributed by atoms with Crippen molar-refractivity contribution in [2.24, 2.45) is 0 Å². The number of anilines is 2. The molecule has 3 aromatic rings. The average molecular weight is 273 g/mol. The largest absolute Gasteiger partial charge is 0.399 e. The molecule has 0 bridgehead atoms. The molecule has 2 heterocycles. The third kappa shape index (κ3) is 2.53. The maximum atomic E-state index is 5.74. The number of aromatic nitrogens is 3. The predicted molar refractivity (Wildman–Crippen MR) is 79.3 cm³/mol. The Balaban J connectivity index is 1.74. The first-order valence-electron chi connectivity index (χ1n) is 6.17. The zero-order chi connectivity index (χ0) is 13.2. The first-order chi connectivity index (χ1) is 9.24. The Morgan fingerprint density at radius 3 is 3.11 bits per heavy atom. The van der Waals surface area contributed by atoms with E-state index in [2.05, 4.69) is 27.2 Å². The summed E-state index contributed by atoms with van der Waals surface area (Å²) in [5, 5.41) is 4.31. The molecule has 0 atom stereocenters. The maximum Gasteiger partial charge on any atom is 0.201 e. The quantitative estimate of drug-likeness (QED) is 0.639. The van der Waals surface area contributed by atoms with E-state index in [-0.39, 0.29) is 0 Å². The van der Waals surface area contributed by atoms with Crippen molar-refractivity contribution >= 4 is 34.0 Å². The molecule has 0 amide bonds. The van der Waals surface area contributed by atoms with Crippen molar-refractivity contribution in [2.75, 3.05) is 11.1 Å². The van der Waals surface area contributed by atoms with E-state index < -0.39 is 0 Å². The molecule has 19 heavy (non-hydrogen) atoms. The topological polar surface area (TPSA) is 79.6 Å². The summed E-state index contributed by atoms with van der Waals surface area (Å²) in [6, 6.07) is 5.64. The number of H-pyrrole nitrogens is 1. The molecule has 6 heteroatoms. The standard InChI is InChI=1S/C13H15N5S/c1-2-9-6-15-12(19-9)7-16-13-17-10-4-3-8(14)5-11(10)18-13/h3-6H,2,7,14H2,1H3,(H2,16,17,18). The number of benzene rings is 1. The van der Waals surface area contributed by atoms with E-state index >= 15 is 0 Å². The first kappa shape index (κ1) is 12.0. The van der Waals surface area contributed by atoms with Gasteiger partial charge in [-0.2, -0.15) is 0 Å². The highest BCUT2D eigenvalue weighted by Gasteiger charge is 2.04. The van der Waals surface area contributed by atoms with Crippen LogP contribution in [0.5, 0.6) is 0 Å². The molecule has 0 saturated carbocycles. The number of hydrogen-bond donors (Lipinski definition) is 3. The SMILES string of the molecule is CCc1cnc(CNc2nc3ccc(N)cc3[nH]2)s1. The normalized spacial score (nSPS) is 11.0. The molecule has 0 spiro atoms. The van der Waals surface area contributed by atoms with Gasteiger partial charge in [-0.05, 0) is 24.6 Å². The third-order valence-corrected chi connectivity index (χ3v) is 4.00. The Morgan fingerprint density at radius 1 is 1.42 bits per heavy atom. The number of rotatable bonds is 4. The van der Waals surface area contributed by atoms with Crippen molar-refractivity contribution in [1.82, 2.24) is 15.0 Å². The number of nitrogen functional groups attached to an aromatic ring is 1. The fourth-order valence-corrected chi connectivity index (χ4v) is 2.67. The van der Waals surface area contributed by atoms with Crippen LogP contribution in [-0.2, 0) is 13.0 Å². The van der Waals surface area contributed by atoms with Crippen LogP contribution in [0.2, 0.25) is 0 Å². The van der Waals surface area contributed by atoms with Gasteiger partial charge in [0.05, 0.1) is 17.6 Å². The third-order valence-electron chi connectivity index (χ3n) is 2.86. The fraction of sp³-hybridized carbons (Fsp3) is 0.231. The summed E-state index contributed by atoms with van der Waals surface area (Å²) >= 11 is 1.73. The van der Waals surface area contributed by atoms with E-state index in [1.165, 1.54) is 4.88 Å². The van der Waals surface area contributed by atoms with E-state index in [9.17, 15) is 0 Å². The molecule has 5 nitrogen and oxygen atoms in total. The van der Waals surface area contributed by atoms with Gasteiger partial charge in [0, 0.05) is 16.8 Å². The number of nitrogens with two attached hydrogens (primary N) is 1. The molecule has 0 aliphatic carbocycles. The molecule has 3 rings (SSSR count). The van der Waals surface area contributed by atoms with Crippen LogP contribution in [0.15, 0.2) is 24.4 Å². The lowest BCUT2D eigenvalue weighted by Gasteiger charge is -1.98. The van der Waals surface area contributed by atoms with Gasteiger partial charge in [-0.1, -0.05) is 6.92 Å². The Morgan fingerprint density at radius 2 is 2.32 bits per heavy atom. The van der Waals surface area contributed by atoms with Crippen LogP contribution < -0.4 is 11.1 Å². The highest BCUT2D eigenvalue weighted by atomic mass is 32.1. The number of thiazole rings is 1. The van der Waals surface area contributed by atoms with Crippen LogP contribution in [0.3, 0.4) is 0 Å².